The van der Waals surface area contributed by atoms with Crippen LogP contribution in [0.3, 0.4) is 0 Å². The van der Waals surface area contributed by atoms with E-state index in [0.29, 0.717) is 21.8 Å². The number of nitrogens with one attached hydrogen (secondary N) is 1. The lowest BCUT2D eigenvalue weighted by atomic mass is 9.94. The fourth-order valence-corrected chi connectivity index (χ4v) is 6.78. The maximum atomic E-state index is 13.3. The topological polar surface area (TPSA) is 77.4 Å². The smallest absolute Gasteiger partial charge is 0.308 e. The van der Waals surface area contributed by atoms with Gasteiger partial charge in [-0.15, -0.1) is 0 Å². The zero-order valence-corrected chi connectivity index (χ0v) is 23.2. The Hall–Kier alpha value is -2.65. The van der Waals surface area contributed by atoms with Crippen LogP contribution in [0.15, 0.2) is 64.3 Å². The second kappa shape index (κ2) is 10.4. The van der Waals surface area contributed by atoms with Crippen molar-refractivity contribution in [2.24, 2.45) is 0 Å². The maximum absolute atomic E-state index is 13.3. The lowest BCUT2D eigenvalue weighted by Crippen LogP contribution is -2.27. The van der Waals surface area contributed by atoms with E-state index in [1.54, 1.807) is 29.9 Å². The normalized spacial score (nSPS) is 12.9. The van der Waals surface area contributed by atoms with Crippen molar-refractivity contribution < 1.29 is 13.2 Å². The van der Waals surface area contributed by atoms with E-state index >= 15 is 0 Å². The number of nitrogens with zero attached hydrogens (tertiary/aromatic N) is 1. The van der Waals surface area contributed by atoms with Crippen molar-refractivity contribution >= 4 is 43.2 Å². The number of sulfonamides is 1. The Morgan fingerprint density at radius 3 is 2.44 bits per heavy atom. The number of rotatable bonds is 8. The summed E-state index contributed by atoms with van der Waals surface area (Å²) in [4.78, 5) is 12.7. The third-order valence-electron chi connectivity index (χ3n) is 6.28. The molecule has 0 fully saturated rings. The molecule has 1 N–H and O–H groups in total. The van der Waals surface area contributed by atoms with Crippen molar-refractivity contribution in [2.45, 2.75) is 51.1 Å². The van der Waals surface area contributed by atoms with Crippen LogP contribution in [0.4, 0.5) is 0 Å². The summed E-state index contributed by atoms with van der Waals surface area (Å²) >= 11 is 7.30. The SMILES string of the molecule is COc1cc(C)c(C(C)NS(=O)(=O)c2ccc3c(c2)sc(=O)n3Cc2ccccc2Cl)cc1C(C)C. The van der Waals surface area contributed by atoms with Crippen molar-refractivity contribution in [1.29, 1.82) is 0 Å². The lowest BCUT2D eigenvalue weighted by molar-refractivity contribution is 0.406. The average Bonchev–Trinajstić information content (AvgIpc) is 3.13. The molecule has 0 spiro atoms. The summed E-state index contributed by atoms with van der Waals surface area (Å²) in [5, 5.41) is 0.579. The van der Waals surface area contributed by atoms with Gasteiger partial charge in [0.05, 0.1) is 28.8 Å². The maximum Gasteiger partial charge on any atom is 0.308 e. The van der Waals surface area contributed by atoms with Gasteiger partial charge in [0.25, 0.3) is 0 Å². The number of halogens is 1. The number of fused-ring (bicyclic) bond motifs is 1. The predicted octanol–water partition coefficient (Wildman–Crippen LogP) is 6.24. The quantitative estimate of drug-likeness (QED) is 0.284. The van der Waals surface area contributed by atoms with Crippen LogP contribution < -0.4 is 14.3 Å². The minimum atomic E-state index is -3.84. The van der Waals surface area contributed by atoms with Crippen LogP contribution >= 0.6 is 22.9 Å². The fraction of sp³-hybridized carbons (Fsp3) is 0.296. The van der Waals surface area contributed by atoms with Gasteiger partial charge in [0.15, 0.2) is 0 Å². The summed E-state index contributed by atoms with van der Waals surface area (Å²) in [7, 11) is -2.20. The summed E-state index contributed by atoms with van der Waals surface area (Å²) in [5.41, 5.74) is 4.35. The van der Waals surface area contributed by atoms with E-state index in [1.807, 2.05) is 44.2 Å². The molecule has 1 heterocycles. The van der Waals surface area contributed by atoms with Gasteiger partial charge in [-0.05, 0) is 78.4 Å². The Kier molecular flexibility index (Phi) is 7.61. The molecule has 0 aliphatic heterocycles. The van der Waals surface area contributed by atoms with Crippen molar-refractivity contribution in [1.82, 2.24) is 9.29 Å². The molecule has 0 aliphatic carbocycles. The highest BCUT2D eigenvalue weighted by molar-refractivity contribution is 7.89. The minimum absolute atomic E-state index is 0.114. The summed E-state index contributed by atoms with van der Waals surface area (Å²) in [6, 6.07) is 15.6. The van der Waals surface area contributed by atoms with Gasteiger partial charge in [-0.1, -0.05) is 55.0 Å². The first-order valence-electron chi connectivity index (χ1n) is 11.6. The number of hydrogen-bond acceptors (Lipinski definition) is 5. The van der Waals surface area contributed by atoms with E-state index in [0.717, 1.165) is 39.3 Å². The zero-order chi connectivity index (χ0) is 26.2. The molecule has 3 aromatic carbocycles. The van der Waals surface area contributed by atoms with Gasteiger partial charge < -0.3 is 4.74 Å². The van der Waals surface area contributed by atoms with Crippen LogP contribution in [0, 0.1) is 6.92 Å². The Morgan fingerprint density at radius 1 is 1.06 bits per heavy atom. The van der Waals surface area contributed by atoms with Gasteiger partial charge in [0.2, 0.25) is 10.0 Å². The Morgan fingerprint density at radius 2 is 1.78 bits per heavy atom. The molecule has 0 radical (unpaired) electrons. The summed E-state index contributed by atoms with van der Waals surface area (Å²) in [5.74, 6) is 1.02. The largest absolute Gasteiger partial charge is 0.496 e. The molecule has 1 aromatic heterocycles. The highest BCUT2D eigenvalue weighted by atomic mass is 35.5. The highest BCUT2D eigenvalue weighted by Gasteiger charge is 2.23. The van der Waals surface area contributed by atoms with E-state index in [-0.39, 0.29) is 15.7 Å². The number of ether oxygens (including phenoxy) is 1. The number of thiazole rings is 1. The lowest BCUT2D eigenvalue weighted by Gasteiger charge is -2.21. The van der Waals surface area contributed by atoms with Crippen LogP contribution in [0.1, 0.15) is 55.0 Å². The van der Waals surface area contributed by atoms with Crippen molar-refractivity contribution in [3.8, 4) is 5.75 Å². The number of benzene rings is 3. The molecular weight excluding hydrogens is 516 g/mol. The number of hydrogen-bond donors (Lipinski definition) is 1. The molecule has 0 aliphatic rings. The first-order valence-corrected chi connectivity index (χ1v) is 14.3. The van der Waals surface area contributed by atoms with Crippen LogP contribution in [0.25, 0.3) is 10.2 Å². The van der Waals surface area contributed by atoms with E-state index in [9.17, 15) is 13.2 Å². The molecule has 4 aromatic rings. The third-order valence-corrected chi connectivity index (χ3v) is 9.12. The van der Waals surface area contributed by atoms with Gasteiger partial charge in [-0.2, -0.15) is 0 Å². The second-order valence-electron chi connectivity index (χ2n) is 9.12. The van der Waals surface area contributed by atoms with Crippen LogP contribution in [0.2, 0.25) is 5.02 Å². The van der Waals surface area contributed by atoms with Crippen LogP contribution in [0.5, 0.6) is 5.75 Å². The van der Waals surface area contributed by atoms with E-state index in [4.69, 9.17) is 16.3 Å². The van der Waals surface area contributed by atoms with Gasteiger partial charge >= 0.3 is 4.87 Å². The summed E-state index contributed by atoms with van der Waals surface area (Å²) < 4.78 is 37.1. The molecule has 190 valence electrons. The Balaban J connectivity index is 1.65. The monoisotopic (exact) mass is 544 g/mol. The van der Waals surface area contributed by atoms with Crippen molar-refractivity contribution in [3.63, 3.8) is 0 Å². The zero-order valence-electron chi connectivity index (χ0n) is 20.8. The van der Waals surface area contributed by atoms with Gasteiger partial charge in [-0.25, -0.2) is 13.1 Å². The molecule has 0 amide bonds. The van der Waals surface area contributed by atoms with Gasteiger partial charge in [-0.3, -0.25) is 9.36 Å². The Labute approximate surface area is 220 Å². The van der Waals surface area contributed by atoms with Gasteiger partial charge in [0, 0.05) is 11.1 Å². The Bertz CT molecular complexity index is 1590. The van der Waals surface area contributed by atoms with Gasteiger partial charge in [0.1, 0.15) is 5.75 Å². The first-order chi connectivity index (χ1) is 17.0. The van der Waals surface area contributed by atoms with Crippen molar-refractivity contribution in [2.75, 3.05) is 7.11 Å². The first kappa shape index (κ1) is 26.4. The number of aryl methyl sites for hydroxylation is 1. The molecular formula is C27H29ClN2O4S2. The summed E-state index contributed by atoms with van der Waals surface area (Å²) in [6.07, 6.45) is 0. The molecule has 0 saturated heterocycles. The molecule has 0 bridgehead atoms. The summed E-state index contributed by atoms with van der Waals surface area (Å²) in [6.45, 7) is 8.23. The molecule has 36 heavy (non-hydrogen) atoms. The van der Waals surface area contributed by atoms with Crippen LogP contribution in [-0.2, 0) is 16.6 Å². The second-order valence-corrected chi connectivity index (χ2v) is 12.2. The average molecular weight is 545 g/mol. The standard InChI is InChI=1S/C27H29ClN2O4S2/c1-16(2)21-14-22(17(3)12-25(21)34-5)18(4)29-36(32,33)20-10-11-24-26(13-20)35-27(31)30(24)15-19-8-6-7-9-23(19)28/h6-14,16,18,29H,15H2,1-5H3. The number of aromatic nitrogens is 1. The minimum Gasteiger partial charge on any atom is -0.496 e. The number of methoxy groups -OCH3 is 1. The van der Waals surface area contributed by atoms with Crippen LogP contribution in [-0.4, -0.2) is 20.1 Å². The highest BCUT2D eigenvalue weighted by Crippen LogP contribution is 2.33. The third kappa shape index (κ3) is 5.22. The van der Waals surface area contributed by atoms with E-state index in [1.165, 1.54) is 6.07 Å². The predicted molar refractivity (Wildman–Crippen MR) is 147 cm³/mol. The van der Waals surface area contributed by atoms with E-state index in [2.05, 4.69) is 18.6 Å². The fourth-order valence-electron chi connectivity index (χ4n) is 4.34. The van der Waals surface area contributed by atoms with E-state index < -0.39 is 16.1 Å². The molecule has 0 saturated carbocycles. The van der Waals surface area contributed by atoms with Crippen molar-refractivity contribution in [3.05, 3.63) is 91.5 Å². The molecule has 9 heteroatoms. The molecule has 4 rings (SSSR count). The molecule has 1 atom stereocenters. The molecule has 6 nitrogen and oxygen atoms in total. The molecule has 1 unspecified atom stereocenters.